The van der Waals surface area contributed by atoms with Crippen molar-refractivity contribution in [1.82, 2.24) is 0 Å². The maximum absolute atomic E-state index is 5.99. The first-order valence-electron chi connectivity index (χ1n) is 6.82. The van der Waals surface area contributed by atoms with Gasteiger partial charge in [-0.15, -0.1) is 0 Å². The summed E-state index contributed by atoms with van der Waals surface area (Å²) in [6.07, 6.45) is 0.856. The van der Waals surface area contributed by atoms with E-state index in [-0.39, 0.29) is 5.60 Å². The number of nitrogen functional groups attached to an aromatic ring is 1. The molecule has 20 heavy (non-hydrogen) atoms. The normalized spacial score (nSPS) is 15.5. The van der Waals surface area contributed by atoms with E-state index in [1.807, 2.05) is 42.5 Å². The van der Waals surface area contributed by atoms with Crippen LogP contribution in [0.2, 0.25) is 0 Å². The zero-order valence-electron chi connectivity index (χ0n) is 11.8. The lowest BCUT2D eigenvalue weighted by molar-refractivity contribution is 0.131. The molecule has 2 aromatic carbocycles. The Labute approximate surface area is 119 Å². The van der Waals surface area contributed by atoms with Gasteiger partial charge in [-0.05, 0) is 25.5 Å². The highest BCUT2D eigenvalue weighted by Gasteiger charge is 2.32. The minimum atomic E-state index is -0.193. The van der Waals surface area contributed by atoms with Crippen molar-refractivity contribution in [2.24, 2.45) is 0 Å². The highest BCUT2D eigenvalue weighted by atomic mass is 16.5. The lowest BCUT2D eigenvalue weighted by Crippen LogP contribution is -2.24. The first-order valence-corrected chi connectivity index (χ1v) is 6.82. The molecule has 0 saturated heterocycles. The Bertz CT molecular complexity index is 620. The predicted octanol–water partition coefficient (Wildman–Crippen LogP) is 3.56. The third-order valence-corrected chi connectivity index (χ3v) is 3.39. The van der Waals surface area contributed by atoms with Gasteiger partial charge in [-0.3, -0.25) is 0 Å². The lowest BCUT2D eigenvalue weighted by atomic mass is 10.0. The number of fused-ring (bicyclic) bond motifs is 1. The third-order valence-electron chi connectivity index (χ3n) is 3.39. The second-order valence-electron chi connectivity index (χ2n) is 5.82. The first kappa shape index (κ1) is 12.9. The van der Waals surface area contributed by atoms with Gasteiger partial charge in [-0.2, -0.15) is 0 Å². The maximum Gasteiger partial charge on any atom is 0.165 e. The van der Waals surface area contributed by atoms with Crippen molar-refractivity contribution < 1.29 is 9.47 Å². The van der Waals surface area contributed by atoms with Gasteiger partial charge in [-0.1, -0.05) is 30.3 Å². The fourth-order valence-corrected chi connectivity index (χ4v) is 2.54. The number of hydrogen-bond donors (Lipinski definition) is 1. The van der Waals surface area contributed by atoms with Crippen LogP contribution in [0.1, 0.15) is 25.0 Å². The molecule has 104 valence electrons. The maximum atomic E-state index is 5.99. The number of rotatable bonds is 3. The van der Waals surface area contributed by atoms with E-state index in [0.717, 1.165) is 29.0 Å². The zero-order chi connectivity index (χ0) is 14.2. The van der Waals surface area contributed by atoms with Crippen molar-refractivity contribution in [3.05, 3.63) is 53.6 Å². The Balaban J connectivity index is 1.84. The smallest absolute Gasteiger partial charge is 0.165 e. The van der Waals surface area contributed by atoms with Gasteiger partial charge < -0.3 is 15.2 Å². The predicted molar refractivity (Wildman–Crippen MR) is 80.0 cm³/mol. The first-order chi connectivity index (χ1) is 9.53. The zero-order valence-corrected chi connectivity index (χ0v) is 11.8. The molecule has 0 spiro atoms. The van der Waals surface area contributed by atoms with E-state index in [0.29, 0.717) is 12.3 Å². The molecular weight excluding hydrogens is 250 g/mol. The van der Waals surface area contributed by atoms with E-state index in [9.17, 15) is 0 Å². The second kappa shape index (κ2) is 4.75. The summed E-state index contributed by atoms with van der Waals surface area (Å²) >= 11 is 0. The average Bonchev–Trinajstić information content (AvgIpc) is 2.71. The van der Waals surface area contributed by atoms with Gasteiger partial charge in [0.05, 0.1) is 0 Å². The van der Waals surface area contributed by atoms with Crippen LogP contribution in [-0.2, 0) is 13.0 Å². The summed E-state index contributed by atoms with van der Waals surface area (Å²) in [5, 5.41) is 0. The standard InChI is InChI=1S/C17H19NO2/c1-17(2)10-13-8-14(18)9-15(16(13)20-17)19-11-12-6-4-3-5-7-12/h3-9H,10-11,18H2,1-2H3. The molecule has 0 fully saturated rings. The Hall–Kier alpha value is -2.16. The van der Waals surface area contributed by atoms with Crippen molar-refractivity contribution in [2.75, 3.05) is 5.73 Å². The van der Waals surface area contributed by atoms with Crippen LogP contribution >= 0.6 is 0 Å². The minimum absolute atomic E-state index is 0.193. The van der Waals surface area contributed by atoms with Gasteiger partial charge in [0.15, 0.2) is 11.5 Å². The Morgan fingerprint density at radius 1 is 1.20 bits per heavy atom. The molecule has 2 aromatic rings. The third kappa shape index (κ3) is 2.57. The molecule has 1 heterocycles. The van der Waals surface area contributed by atoms with Crippen molar-refractivity contribution >= 4 is 5.69 Å². The number of hydrogen-bond acceptors (Lipinski definition) is 3. The van der Waals surface area contributed by atoms with Gasteiger partial charge in [0.25, 0.3) is 0 Å². The molecule has 3 rings (SSSR count). The monoisotopic (exact) mass is 269 g/mol. The van der Waals surface area contributed by atoms with Crippen molar-refractivity contribution in [1.29, 1.82) is 0 Å². The van der Waals surface area contributed by atoms with Crippen LogP contribution < -0.4 is 15.2 Å². The molecule has 0 aromatic heterocycles. The minimum Gasteiger partial charge on any atom is -0.485 e. The molecule has 0 amide bonds. The van der Waals surface area contributed by atoms with E-state index < -0.39 is 0 Å². The molecule has 3 heteroatoms. The molecule has 1 aliphatic heterocycles. The lowest BCUT2D eigenvalue weighted by Gasteiger charge is -2.18. The molecule has 2 N–H and O–H groups in total. The Morgan fingerprint density at radius 2 is 1.95 bits per heavy atom. The van der Waals surface area contributed by atoms with Crippen LogP contribution in [0.3, 0.4) is 0 Å². The van der Waals surface area contributed by atoms with Crippen LogP contribution in [-0.4, -0.2) is 5.60 Å². The summed E-state index contributed by atoms with van der Waals surface area (Å²) in [5.74, 6) is 1.56. The van der Waals surface area contributed by atoms with Gasteiger partial charge in [0, 0.05) is 23.7 Å². The summed E-state index contributed by atoms with van der Waals surface area (Å²) in [6, 6.07) is 13.9. The molecule has 0 bridgehead atoms. The molecule has 0 atom stereocenters. The van der Waals surface area contributed by atoms with Crippen molar-refractivity contribution in [3.8, 4) is 11.5 Å². The SMILES string of the molecule is CC1(C)Cc2cc(N)cc(OCc3ccccc3)c2O1. The van der Waals surface area contributed by atoms with E-state index >= 15 is 0 Å². The summed E-state index contributed by atoms with van der Waals surface area (Å²) in [7, 11) is 0. The molecule has 3 nitrogen and oxygen atoms in total. The number of nitrogens with two attached hydrogens (primary N) is 1. The number of anilines is 1. The van der Waals surface area contributed by atoms with Gasteiger partial charge in [0.1, 0.15) is 12.2 Å². The molecular formula is C17H19NO2. The van der Waals surface area contributed by atoms with E-state index in [4.69, 9.17) is 15.2 Å². The molecule has 0 saturated carbocycles. The number of ether oxygens (including phenoxy) is 2. The quantitative estimate of drug-likeness (QED) is 0.866. The van der Waals surface area contributed by atoms with Crippen LogP contribution in [0.5, 0.6) is 11.5 Å². The second-order valence-corrected chi connectivity index (χ2v) is 5.82. The van der Waals surface area contributed by atoms with E-state index in [1.54, 1.807) is 0 Å². The Morgan fingerprint density at radius 3 is 2.70 bits per heavy atom. The van der Waals surface area contributed by atoms with Crippen LogP contribution in [0, 0.1) is 0 Å². The molecule has 0 unspecified atom stereocenters. The van der Waals surface area contributed by atoms with Crippen molar-refractivity contribution in [2.45, 2.75) is 32.5 Å². The number of benzene rings is 2. The average molecular weight is 269 g/mol. The molecule has 0 aliphatic carbocycles. The van der Waals surface area contributed by atoms with E-state index in [2.05, 4.69) is 13.8 Å². The topological polar surface area (TPSA) is 44.5 Å². The van der Waals surface area contributed by atoms with Gasteiger partial charge in [-0.25, -0.2) is 0 Å². The summed E-state index contributed by atoms with van der Waals surface area (Å²) in [4.78, 5) is 0. The van der Waals surface area contributed by atoms with Gasteiger partial charge >= 0.3 is 0 Å². The van der Waals surface area contributed by atoms with Crippen LogP contribution in [0.15, 0.2) is 42.5 Å². The summed E-state index contributed by atoms with van der Waals surface area (Å²) in [6.45, 7) is 4.66. The summed E-state index contributed by atoms with van der Waals surface area (Å²) < 4.78 is 11.9. The fraction of sp³-hybridized carbons (Fsp3) is 0.294. The van der Waals surface area contributed by atoms with E-state index in [1.165, 1.54) is 0 Å². The highest BCUT2D eigenvalue weighted by Crippen LogP contribution is 2.43. The molecule has 1 aliphatic rings. The largest absolute Gasteiger partial charge is 0.485 e. The van der Waals surface area contributed by atoms with Gasteiger partial charge in [0.2, 0.25) is 0 Å². The Kier molecular flexibility index (Phi) is 3.05. The fourth-order valence-electron chi connectivity index (χ4n) is 2.54. The summed E-state index contributed by atoms with van der Waals surface area (Å²) in [5.41, 5.74) is 8.73. The van der Waals surface area contributed by atoms with Crippen LogP contribution in [0.4, 0.5) is 5.69 Å². The van der Waals surface area contributed by atoms with Crippen molar-refractivity contribution in [3.63, 3.8) is 0 Å². The molecule has 0 radical (unpaired) electrons. The highest BCUT2D eigenvalue weighted by molar-refractivity contribution is 5.59. The van der Waals surface area contributed by atoms with Crippen LogP contribution in [0.25, 0.3) is 0 Å².